The molecule has 6 nitrogen and oxygen atoms in total. The van der Waals surface area contributed by atoms with Crippen LogP contribution in [-0.4, -0.2) is 40.9 Å². The Morgan fingerprint density at radius 2 is 2.04 bits per heavy atom. The number of hydrogen-bond acceptors (Lipinski definition) is 4. The van der Waals surface area contributed by atoms with E-state index in [1.165, 1.54) is 6.20 Å². The molecular formula is C14H19F3N2O4. The number of hydrogen-bond donors (Lipinski definition) is 1. The van der Waals surface area contributed by atoms with Crippen molar-refractivity contribution in [1.29, 1.82) is 0 Å². The van der Waals surface area contributed by atoms with Crippen molar-refractivity contribution >= 4 is 6.09 Å². The standard InChI is InChI=1S/C14H19F3N2O4/c1-12(2,23-11(21)19-7-3-10(20)18-19)9-22-8-6-13(4-5-13)14(15,16)17/h3,7H,4-6,8-9H2,1-2H3,(H,18,20). The zero-order chi connectivity index (χ0) is 17.3. The van der Waals surface area contributed by atoms with Crippen LogP contribution in [0.25, 0.3) is 0 Å². The van der Waals surface area contributed by atoms with Gasteiger partial charge in [0.2, 0.25) is 0 Å². The largest absolute Gasteiger partial charge is 0.439 e. The highest BCUT2D eigenvalue weighted by atomic mass is 19.4. The minimum atomic E-state index is -4.20. The Labute approximate surface area is 130 Å². The first-order valence-corrected chi connectivity index (χ1v) is 7.20. The summed E-state index contributed by atoms with van der Waals surface area (Å²) < 4.78 is 49.6. The highest BCUT2D eigenvalue weighted by molar-refractivity contribution is 5.69. The maximum absolute atomic E-state index is 12.8. The number of aromatic nitrogens is 2. The molecule has 1 N–H and O–H groups in total. The van der Waals surface area contributed by atoms with E-state index in [1.807, 2.05) is 0 Å². The molecule has 0 spiro atoms. The Bertz CT molecular complexity index is 614. The van der Waals surface area contributed by atoms with Crippen LogP contribution in [0.3, 0.4) is 0 Å². The van der Waals surface area contributed by atoms with Gasteiger partial charge in [-0.2, -0.15) is 17.9 Å². The second-order valence-electron chi connectivity index (χ2n) is 6.37. The van der Waals surface area contributed by atoms with Gasteiger partial charge in [0.1, 0.15) is 5.60 Å². The maximum Gasteiger partial charge on any atom is 0.433 e. The molecule has 0 radical (unpaired) electrons. The van der Waals surface area contributed by atoms with Crippen molar-refractivity contribution in [2.24, 2.45) is 5.41 Å². The Balaban J connectivity index is 1.76. The van der Waals surface area contributed by atoms with E-state index in [1.54, 1.807) is 13.8 Å². The van der Waals surface area contributed by atoms with Gasteiger partial charge in [0, 0.05) is 18.9 Å². The molecule has 2 rings (SSSR count). The number of rotatable bonds is 6. The van der Waals surface area contributed by atoms with Crippen LogP contribution in [0.1, 0.15) is 33.1 Å². The lowest BCUT2D eigenvalue weighted by Crippen LogP contribution is -2.36. The van der Waals surface area contributed by atoms with Gasteiger partial charge < -0.3 is 9.47 Å². The fraction of sp³-hybridized carbons (Fsp3) is 0.714. The third-order valence-corrected chi connectivity index (χ3v) is 3.80. The maximum atomic E-state index is 12.8. The fourth-order valence-electron chi connectivity index (χ4n) is 2.17. The smallest absolute Gasteiger partial charge is 0.433 e. The van der Waals surface area contributed by atoms with Crippen LogP contribution in [0, 0.1) is 5.41 Å². The molecule has 0 aromatic carbocycles. The summed E-state index contributed by atoms with van der Waals surface area (Å²) in [6.45, 7) is 3.05. The fourth-order valence-corrected chi connectivity index (χ4v) is 2.17. The molecule has 1 heterocycles. The number of nitrogens with one attached hydrogen (secondary N) is 1. The van der Waals surface area contributed by atoms with E-state index < -0.39 is 28.8 Å². The van der Waals surface area contributed by atoms with Crippen molar-refractivity contribution < 1.29 is 27.4 Å². The first kappa shape index (κ1) is 17.6. The summed E-state index contributed by atoms with van der Waals surface area (Å²) in [6, 6.07) is 1.16. The molecule has 1 aromatic rings. The first-order chi connectivity index (χ1) is 10.5. The van der Waals surface area contributed by atoms with Gasteiger partial charge in [-0.05, 0) is 33.1 Å². The van der Waals surface area contributed by atoms with Crippen molar-refractivity contribution in [2.75, 3.05) is 13.2 Å². The van der Waals surface area contributed by atoms with Gasteiger partial charge >= 0.3 is 12.3 Å². The number of H-pyrrole nitrogens is 1. The van der Waals surface area contributed by atoms with Crippen LogP contribution >= 0.6 is 0 Å². The number of alkyl halides is 3. The first-order valence-electron chi connectivity index (χ1n) is 7.20. The van der Waals surface area contributed by atoms with E-state index in [4.69, 9.17) is 9.47 Å². The molecule has 1 aromatic heterocycles. The van der Waals surface area contributed by atoms with Crippen molar-refractivity contribution in [3.8, 4) is 0 Å². The minimum Gasteiger partial charge on any atom is -0.439 e. The molecule has 0 atom stereocenters. The molecule has 0 aliphatic heterocycles. The second kappa shape index (κ2) is 6.03. The van der Waals surface area contributed by atoms with E-state index in [0.717, 1.165) is 10.7 Å². The van der Waals surface area contributed by atoms with Crippen LogP contribution in [0.2, 0.25) is 0 Å². The Morgan fingerprint density at radius 1 is 1.39 bits per heavy atom. The number of aromatic amines is 1. The predicted octanol–water partition coefficient (Wildman–Crippen LogP) is 2.69. The topological polar surface area (TPSA) is 73.3 Å². The van der Waals surface area contributed by atoms with Gasteiger partial charge in [-0.15, -0.1) is 0 Å². The Hall–Kier alpha value is -1.77. The SMILES string of the molecule is CC(C)(COCCC1(C(F)(F)F)CC1)OC(=O)n1ccc(=O)[nH]1. The van der Waals surface area contributed by atoms with Crippen LogP contribution in [-0.2, 0) is 9.47 Å². The van der Waals surface area contributed by atoms with E-state index >= 15 is 0 Å². The number of halogens is 3. The minimum absolute atomic E-state index is 0.0435. The zero-order valence-corrected chi connectivity index (χ0v) is 12.9. The molecule has 130 valence electrons. The lowest BCUT2D eigenvalue weighted by molar-refractivity contribution is -0.192. The molecule has 0 amide bonds. The third-order valence-electron chi connectivity index (χ3n) is 3.80. The van der Waals surface area contributed by atoms with Gasteiger partial charge in [0.15, 0.2) is 0 Å². The molecule has 1 aliphatic rings. The summed E-state index contributed by atoms with van der Waals surface area (Å²) in [5.41, 5.74) is -3.08. The van der Waals surface area contributed by atoms with Gasteiger partial charge in [0.25, 0.3) is 5.56 Å². The van der Waals surface area contributed by atoms with Crippen molar-refractivity contribution in [2.45, 2.75) is 44.9 Å². The highest BCUT2D eigenvalue weighted by Crippen LogP contribution is 2.59. The number of carbonyl (C=O) groups excluding carboxylic acids is 1. The summed E-state index contributed by atoms with van der Waals surface area (Å²) >= 11 is 0. The molecule has 0 saturated heterocycles. The lowest BCUT2D eigenvalue weighted by Gasteiger charge is -2.25. The molecule has 23 heavy (non-hydrogen) atoms. The van der Waals surface area contributed by atoms with E-state index in [2.05, 4.69) is 5.10 Å². The Kier molecular flexibility index (Phi) is 4.61. The molecule has 0 unspecified atom stereocenters. The van der Waals surface area contributed by atoms with E-state index in [0.29, 0.717) is 0 Å². The summed E-state index contributed by atoms with van der Waals surface area (Å²) in [5, 5.41) is 2.23. The van der Waals surface area contributed by atoms with Crippen molar-refractivity contribution in [3.05, 3.63) is 22.6 Å². The highest BCUT2D eigenvalue weighted by Gasteiger charge is 2.62. The zero-order valence-electron chi connectivity index (χ0n) is 12.9. The summed E-state index contributed by atoms with van der Waals surface area (Å²) in [6.07, 6.45) is -3.58. The van der Waals surface area contributed by atoms with Gasteiger partial charge in [-0.3, -0.25) is 9.89 Å². The monoisotopic (exact) mass is 336 g/mol. The third kappa shape index (κ3) is 4.37. The summed E-state index contributed by atoms with van der Waals surface area (Å²) in [5.74, 6) is 0. The van der Waals surface area contributed by atoms with E-state index in [9.17, 15) is 22.8 Å². The Morgan fingerprint density at radius 3 is 2.52 bits per heavy atom. The quantitative estimate of drug-likeness (QED) is 0.811. The molecule has 1 fully saturated rings. The summed E-state index contributed by atoms with van der Waals surface area (Å²) in [4.78, 5) is 22.7. The number of nitrogens with zero attached hydrogens (tertiary/aromatic N) is 1. The average molecular weight is 336 g/mol. The number of ether oxygens (including phenoxy) is 2. The van der Waals surface area contributed by atoms with Crippen LogP contribution < -0.4 is 5.56 Å². The van der Waals surface area contributed by atoms with E-state index in [-0.39, 0.29) is 32.5 Å². The van der Waals surface area contributed by atoms with Gasteiger partial charge in [0.05, 0.1) is 12.0 Å². The van der Waals surface area contributed by atoms with Crippen molar-refractivity contribution in [1.82, 2.24) is 9.78 Å². The summed E-state index contributed by atoms with van der Waals surface area (Å²) in [7, 11) is 0. The van der Waals surface area contributed by atoms with Gasteiger partial charge in [-0.25, -0.2) is 4.79 Å². The second-order valence-corrected chi connectivity index (χ2v) is 6.37. The molecule has 1 saturated carbocycles. The normalized spacial score (nSPS) is 17.1. The lowest BCUT2D eigenvalue weighted by atomic mass is 10.0. The van der Waals surface area contributed by atoms with Crippen molar-refractivity contribution in [3.63, 3.8) is 0 Å². The van der Waals surface area contributed by atoms with Crippen LogP contribution in [0.5, 0.6) is 0 Å². The van der Waals surface area contributed by atoms with Crippen LogP contribution in [0.15, 0.2) is 17.1 Å². The molecule has 1 aliphatic carbocycles. The molecular weight excluding hydrogens is 317 g/mol. The van der Waals surface area contributed by atoms with Gasteiger partial charge in [-0.1, -0.05) is 0 Å². The predicted molar refractivity (Wildman–Crippen MR) is 74.2 cm³/mol. The average Bonchev–Trinajstić information content (AvgIpc) is 3.09. The molecule has 9 heteroatoms. The number of carbonyl (C=O) groups is 1. The van der Waals surface area contributed by atoms with Crippen LogP contribution in [0.4, 0.5) is 18.0 Å². The molecule has 0 bridgehead atoms.